The molecule has 0 saturated carbocycles. The van der Waals surface area contributed by atoms with Crippen LogP contribution in [0.25, 0.3) is 10.9 Å². The second kappa shape index (κ2) is 10.1. The van der Waals surface area contributed by atoms with E-state index in [1.165, 1.54) is 20.4 Å². The summed E-state index contributed by atoms with van der Waals surface area (Å²) < 4.78 is 43.9. The largest absolute Gasteiger partial charge is 0.493 e. The lowest BCUT2D eigenvalue weighted by molar-refractivity contribution is -0.148. The molecule has 1 aliphatic rings. The molecule has 1 saturated heterocycles. The summed E-state index contributed by atoms with van der Waals surface area (Å²) in [5.41, 5.74) is 2.04. The van der Waals surface area contributed by atoms with Crippen LogP contribution in [0.3, 0.4) is 0 Å². The first-order valence-corrected chi connectivity index (χ1v) is 13.1. The molecule has 1 aromatic heterocycles. The van der Waals surface area contributed by atoms with Crippen molar-refractivity contribution in [1.29, 1.82) is 0 Å². The maximum Gasteiger partial charge on any atom is 0.310 e. The second-order valence-electron chi connectivity index (χ2n) is 8.55. The van der Waals surface area contributed by atoms with E-state index in [0.29, 0.717) is 54.2 Å². The summed E-state index contributed by atoms with van der Waals surface area (Å²) >= 11 is 0. The van der Waals surface area contributed by atoms with Crippen molar-refractivity contribution in [3.8, 4) is 11.5 Å². The average molecular weight is 499 g/mol. The Balaban J connectivity index is 1.94. The zero-order valence-electron chi connectivity index (χ0n) is 20.4. The normalized spacial score (nSPS) is 16.2. The van der Waals surface area contributed by atoms with E-state index < -0.39 is 9.84 Å². The summed E-state index contributed by atoms with van der Waals surface area (Å²) in [6.07, 6.45) is 2.81. The summed E-state index contributed by atoms with van der Waals surface area (Å²) in [6.45, 7) is 4.93. The highest BCUT2D eigenvalue weighted by atomic mass is 32.2. The summed E-state index contributed by atoms with van der Waals surface area (Å²) in [5.74, 6) is 0.349. The van der Waals surface area contributed by atoms with Crippen molar-refractivity contribution in [3.63, 3.8) is 0 Å². The standard InChI is InChI=1S/C26H30N2O6S/c1-5-34-26(29)18-7-6-12-28(16-18)25-20-13-22(32-3)23(33-4)14-21(20)27-15-24(25)35(30,31)19-10-8-17(2)9-11-19/h8-11,13-15,18H,5-7,12,16H2,1-4H3. The molecule has 35 heavy (non-hydrogen) atoms. The summed E-state index contributed by atoms with van der Waals surface area (Å²) in [7, 11) is -0.837. The van der Waals surface area contributed by atoms with Crippen LogP contribution in [0.2, 0.25) is 0 Å². The van der Waals surface area contributed by atoms with E-state index in [-0.39, 0.29) is 21.7 Å². The van der Waals surface area contributed by atoms with E-state index in [4.69, 9.17) is 14.2 Å². The van der Waals surface area contributed by atoms with E-state index in [1.807, 2.05) is 11.8 Å². The third kappa shape index (κ3) is 4.77. The molecule has 0 spiro atoms. The molecule has 1 atom stereocenters. The van der Waals surface area contributed by atoms with Crippen molar-refractivity contribution >= 4 is 32.4 Å². The van der Waals surface area contributed by atoms with E-state index in [9.17, 15) is 13.2 Å². The first-order valence-electron chi connectivity index (χ1n) is 11.6. The van der Waals surface area contributed by atoms with E-state index >= 15 is 0 Å². The molecular weight excluding hydrogens is 468 g/mol. The number of anilines is 1. The van der Waals surface area contributed by atoms with E-state index in [0.717, 1.165) is 12.0 Å². The quantitative estimate of drug-likeness (QED) is 0.448. The molecule has 0 bridgehead atoms. The van der Waals surface area contributed by atoms with Crippen LogP contribution < -0.4 is 14.4 Å². The van der Waals surface area contributed by atoms with Gasteiger partial charge in [-0.3, -0.25) is 9.78 Å². The number of nitrogens with zero attached hydrogens (tertiary/aromatic N) is 2. The predicted octanol–water partition coefficient (Wildman–Crippen LogP) is 4.17. The van der Waals surface area contributed by atoms with Gasteiger partial charge in [0.25, 0.3) is 0 Å². The third-order valence-corrected chi connectivity index (χ3v) is 8.06. The predicted molar refractivity (Wildman–Crippen MR) is 133 cm³/mol. The number of fused-ring (bicyclic) bond motifs is 1. The van der Waals surface area contributed by atoms with Crippen LogP contribution in [0.5, 0.6) is 11.5 Å². The highest BCUT2D eigenvalue weighted by Gasteiger charge is 2.33. The molecule has 186 valence electrons. The third-order valence-electron chi connectivity index (χ3n) is 6.29. The lowest BCUT2D eigenvalue weighted by atomic mass is 9.97. The number of rotatable bonds is 7. The number of carbonyl (C=O) groups excluding carboxylic acids is 1. The lowest BCUT2D eigenvalue weighted by Gasteiger charge is -2.35. The van der Waals surface area contributed by atoms with Gasteiger partial charge in [-0.1, -0.05) is 17.7 Å². The van der Waals surface area contributed by atoms with Gasteiger partial charge in [-0.05, 0) is 44.9 Å². The number of hydrogen-bond donors (Lipinski definition) is 0. The van der Waals surface area contributed by atoms with E-state index in [1.54, 1.807) is 43.3 Å². The zero-order valence-corrected chi connectivity index (χ0v) is 21.2. The van der Waals surface area contributed by atoms with Gasteiger partial charge in [0.1, 0.15) is 4.90 Å². The van der Waals surface area contributed by atoms with Crippen molar-refractivity contribution in [2.45, 2.75) is 36.5 Å². The smallest absolute Gasteiger partial charge is 0.310 e. The first kappa shape index (κ1) is 24.8. The molecule has 2 heterocycles. The number of ether oxygens (including phenoxy) is 3. The Kier molecular flexibility index (Phi) is 7.16. The van der Waals surface area contributed by atoms with Gasteiger partial charge in [-0.25, -0.2) is 8.42 Å². The Morgan fingerprint density at radius 1 is 1.11 bits per heavy atom. The van der Waals surface area contributed by atoms with Gasteiger partial charge in [-0.15, -0.1) is 0 Å². The lowest BCUT2D eigenvalue weighted by Crippen LogP contribution is -2.40. The monoisotopic (exact) mass is 498 g/mol. The molecule has 1 fully saturated rings. The molecule has 8 nitrogen and oxygen atoms in total. The van der Waals surface area contributed by atoms with Crippen LogP contribution in [0.4, 0.5) is 5.69 Å². The van der Waals surface area contributed by atoms with Gasteiger partial charge in [0, 0.05) is 30.7 Å². The molecule has 0 N–H and O–H groups in total. The number of aromatic nitrogens is 1. The molecule has 4 rings (SSSR count). The maximum atomic E-state index is 13.8. The van der Waals surface area contributed by atoms with Crippen molar-refractivity contribution < 1.29 is 27.4 Å². The molecule has 9 heteroatoms. The topological polar surface area (TPSA) is 95.0 Å². The van der Waals surface area contributed by atoms with Crippen molar-refractivity contribution in [3.05, 3.63) is 48.2 Å². The Bertz CT molecular complexity index is 1340. The molecule has 2 aromatic carbocycles. The number of esters is 1. The van der Waals surface area contributed by atoms with Gasteiger partial charge in [-0.2, -0.15) is 0 Å². The maximum absolute atomic E-state index is 13.8. The minimum absolute atomic E-state index is 0.0885. The van der Waals surface area contributed by atoms with Crippen LogP contribution in [0.15, 0.2) is 52.4 Å². The van der Waals surface area contributed by atoms with Crippen LogP contribution in [-0.4, -0.2) is 53.3 Å². The second-order valence-corrected chi connectivity index (χ2v) is 10.5. The number of methoxy groups -OCH3 is 2. The van der Waals surface area contributed by atoms with Gasteiger partial charge < -0.3 is 19.1 Å². The number of pyridine rings is 1. The fraction of sp³-hybridized carbons (Fsp3) is 0.385. The van der Waals surface area contributed by atoms with Gasteiger partial charge in [0.05, 0.1) is 42.8 Å². The molecule has 0 aliphatic carbocycles. The summed E-state index contributed by atoms with van der Waals surface area (Å²) in [6, 6.07) is 10.2. The SMILES string of the molecule is CCOC(=O)C1CCCN(c2c(S(=O)(=O)c3ccc(C)cc3)cnc3cc(OC)c(OC)cc23)C1. The minimum atomic E-state index is -3.90. The molecule has 0 radical (unpaired) electrons. The summed E-state index contributed by atoms with van der Waals surface area (Å²) in [5, 5.41) is 0.611. The first-order chi connectivity index (χ1) is 16.8. The number of piperidine rings is 1. The Morgan fingerprint density at radius 3 is 2.46 bits per heavy atom. The number of carbonyl (C=O) groups is 1. The van der Waals surface area contributed by atoms with Gasteiger partial charge in [0.15, 0.2) is 11.5 Å². The van der Waals surface area contributed by atoms with Crippen LogP contribution in [-0.2, 0) is 19.4 Å². The summed E-state index contributed by atoms with van der Waals surface area (Å²) in [4.78, 5) is 19.3. The molecular formula is C26H30N2O6S. The Morgan fingerprint density at radius 2 is 1.80 bits per heavy atom. The highest BCUT2D eigenvalue weighted by molar-refractivity contribution is 7.91. The Hall–Kier alpha value is -3.33. The highest BCUT2D eigenvalue weighted by Crippen LogP contribution is 2.41. The minimum Gasteiger partial charge on any atom is -0.493 e. The average Bonchev–Trinajstić information content (AvgIpc) is 2.87. The Labute approximate surface area is 205 Å². The fourth-order valence-corrected chi connectivity index (χ4v) is 5.92. The zero-order chi connectivity index (χ0) is 25.2. The van der Waals surface area contributed by atoms with Crippen LogP contribution in [0, 0.1) is 12.8 Å². The molecule has 0 amide bonds. The number of sulfone groups is 1. The molecule has 3 aromatic rings. The fourth-order valence-electron chi connectivity index (χ4n) is 4.49. The number of hydrogen-bond acceptors (Lipinski definition) is 8. The van der Waals surface area contributed by atoms with Gasteiger partial charge >= 0.3 is 5.97 Å². The number of aryl methyl sites for hydroxylation is 1. The van der Waals surface area contributed by atoms with Crippen molar-refractivity contribution in [2.24, 2.45) is 5.92 Å². The van der Waals surface area contributed by atoms with E-state index in [2.05, 4.69) is 4.98 Å². The van der Waals surface area contributed by atoms with Gasteiger partial charge in [0.2, 0.25) is 9.84 Å². The van der Waals surface area contributed by atoms with Crippen molar-refractivity contribution in [2.75, 3.05) is 38.8 Å². The van der Waals surface area contributed by atoms with Crippen LogP contribution >= 0.6 is 0 Å². The molecule has 1 aliphatic heterocycles. The number of benzene rings is 2. The van der Waals surface area contributed by atoms with Crippen LogP contribution in [0.1, 0.15) is 25.3 Å². The van der Waals surface area contributed by atoms with Crippen molar-refractivity contribution in [1.82, 2.24) is 4.98 Å². The molecule has 1 unspecified atom stereocenters.